The van der Waals surface area contributed by atoms with Crippen LogP contribution in [0, 0.1) is 11.3 Å². The standard InChI is InChI=1S/C12H21N5/c1-10(2)12-11(6-7-13)14-15-17(12)9-5-8-16(3)4/h10H,5-6,8-9H2,1-4H3. The smallest absolute Gasteiger partial charge is 0.100 e. The molecule has 0 aliphatic heterocycles. The number of nitriles is 1. The lowest BCUT2D eigenvalue weighted by molar-refractivity contribution is 0.375. The monoisotopic (exact) mass is 235 g/mol. The highest BCUT2D eigenvalue weighted by molar-refractivity contribution is 5.17. The molecule has 0 aliphatic carbocycles. The first-order valence-corrected chi connectivity index (χ1v) is 6.00. The molecule has 0 spiro atoms. The lowest BCUT2D eigenvalue weighted by Gasteiger charge is -2.12. The van der Waals surface area contributed by atoms with Crippen LogP contribution in [-0.2, 0) is 13.0 Å². The third kappa shape index (κ3) is 3.82. The highest BCUT2D eigenvalue weighted by Crippen LogP contribution is 2.18. The molecule has 0 atom stereocenters. The van der Waals surface area contributed by atoms with E-state index in [0.717, 1.165) is 30.9 Å². The Morgan fingerprint density at radius 2 is 2.12 bits per heavy atom. The molecule has 1 rings (SSSR count). The van der Waals surface area contributed by atoms with Crippen molar-refractivity contribution in [3.63, 3.8) is 0 Å². The Hall–Kier alpha value is -1.41. The van der Waals surface area contributed by atoms with E-state index >= 15 is 0 Å². The Kier molecular flexibility index (Phi) is 5.11. The second-order valence-corrected chi connectivity index (χ2v) is 4.79. The summed E-state index contributed by atoms with van der Waals surface area (Å²) in [5, 5.41) is 17.0. The first kappa shape index (κ1) is 13.7. The van der Waals surface area contributed by atoms with E-state index < -0.39 is 0 Å². The Morgan fingerprint density at radius 3 is 2.65 bits per heavy atom. The average molecular weight is 235 g/mol. The van der Waals surface area contributed by atoms with Crippen LogP contribution in [0.25, 0.3) is 0 Å². The molecule has 0 saturated carbocycles. The van der Waals surface area contributed by atoms with E-state index in [9.17, 15) is 0 Å². The van der Waals surface area contributed by atoms with Gasteiger partial charge in [-0.1, -0.05) is 19.1 Å². The van der Waals surface area contributed by atoms with E-state index in [-0.39, 0.29) is 0 Å². The number of rotatable bonds is 6. The Bertz CT molecular complexity index is 386. The zero-order valence-electron chi connectivity index (χ0n) is 11.1. The van der Waals surface area contributed by atoms with Gasteiger partial charge in [0, 0.05) is 6.54 Å². The summed E-state index contributed by atoms with van der Waals surface area (Å²) in [7, 11) is 4.12. The molecule has 94 valence electrons. The van der Waals surface area contributed by atoms with Crippen LogP contribution in [-0.4, -0.2) is 40.5 Å². The van der Waals surface area contributed by atoms with Crippen molar-refractivity contribution in [2.75, 3.05) is 20.6 Å². The van der Waals surface area contributed by atoms with Gasteiger partial charge in [-0.3, -0.25) is 0 Å². The molecule has 5 heteroatoms. The summed E-state index contributed by atoms with van der Waals surface area (Å²) in [5.74, 6) is 0.354. The minimum atomic E-state index is 0.348. The van der Waals surface area contributed by atoms with Gasteiger partial charge in [-0.25, -0.2) is 4.68 Å². The summed E-state index contributed by atoms with van der Waals surface area (Å²) >= 11 is 0. The number of aromatic nitrogens is 3. The first-order chi connectivity index (χ1) is 8.06. The van der Waals surface area contributed by atoms with Gasteiger partial charge in [0.15, 0.2) is 0 Å². The van der Waals surface area contributed by atoms with Crippen LogP contribution in [0.1, 0.15) is 37.6 Å². The predicted molar refractivity (Wildman–Crippen MR) is 66.6 cm³/mol. The lowest BCUT2D eigenvalue weighted by atomic mass is 10.1. The fourth-order valence-electron chi connectivity index (χ4n) is 1.89. The van der Waals surface area contributed by atoms with Gasteiger partial charge in [0.05, 0.1) is 18.2 Å². The van der Waals surface area contributed by atoms with Crippen LogP contribution in [0.15, 0.2) is 0 Å². The molecular formula is C12H21N5. The van der Waals surface area contributed by atoms with E-state index in [1.54, 1.807) is 0 Å². The largest absolute Gasteiger partial charge is 0.309 e. The van der Waals surface area contributed by atoms with Crippen molar-refractivity contribution in [1.82, 2.24) is 19.9 Å². The van der Waals surface area contributed by atoms with Crippen molar-refractivity contribution in [3.8, 4) is 6.07 Å². The van der Waals surface area contributed by atoms with Crippen LogP contribution in [0.5, 0.6) is 0 Å². The topological polar surface area (TPSA) is 57.7 Å². The molecule has 0 radical (unpaired) electrons. The Morgan fingerprint density at radius 1 is 1.41 bits per heavy atom. The second kappa shape index (κ2) is 6.36. The summed E-state index contributed by atoms with van der Waals surface area (Å²) in [6, 6.07) is 2.14. The van der Waals surface area contributed by atoms with E-state index in [4.69, 9.17) is 5.26 Å². The van der Waals surface area contributed by atoms with Gasteiger partial charge < -0.3 is 4.90 Å². The van der Waals surface area contributed by atoms with Crippen molar-refractivity contribution in [2.24, 2.45) is 0 Å². The van der Waals surface area contributed by atoms with E-state index in [2.05, 4.69) is 49.2 Å². The maximum Gasteiger partial charge on any atom is 0.100 e. The molecule has 1 aromatic heterocycles. The van der Waals surface area contributed by atoms with Gasteiger partial charge >= 0.3 is 0 Å². The minimum Gasteiger partial charge on any atom is -0.309 e. The highest BCUT2D eigenvalue weighted by Gasteiger charge is 2.15. The summed E-state index contributed by atoms with van der Waals surface area (Å²) in [6.45, 7) is 6.12. The van der Waals surface area contributed by atoms with Gasteiger partial charge in [0.2, 0.25) is 0 Å². The predicted octanol–water partition coefficient (Wildman–Crippen LogP) is 1.42. The molecule has 5 nitrogen and oxygen atoms in total. The number of nitrogens with zero attached hydrogens (tertiary/aromatic N) is 5. The van der Waals surface area contributed by atoms with Gasteiger partial charge in [0.1, 0.15) is 5.69 Å². The van der Waals surface area contributed by atoms with Gasteiger partial charge in [-0.2, -0.15) is 5.26 Å². The van der Waals surface area contributed by atoms with Crippen LogP contribution >= 0.6 is 0 Å². The maximum absolute atomic E-state index is 8.75. The molecule has 0 aliphatic rings. The molecule has 0 unspecified atom stereocenters. The van der Waals surface area contributed by atoms with Gasteiger partial charge in [-0.05, 0) is 33.0 Å². The number of hydrogen-bond acceptors (Lipinski definition) is 4. The normalized spacial score (nSPS) is 11.1. The van der Waals surface area contributed by atoms with Crippen molar-refractivity contribution in [3.05, 3.63) is 11.4 Å². The quantitative estimate of drug-likeness (QED) is 0.748. The Balaban J connectivity index is 2.74. The van der Waals surface area contributed by atoms with Crippen molar-refractivity contribution in [2.45, 2.75) is 39.2 Å². The number of aryl methyl sites for hydroxylation is 1. The van der Waals surface area contributed by atoms with Crippen molar-refractivity contribution < 1.29 is 0 Å². The SMILES string of the molecule is CC(C)c1c(CC#N)nnn1CCCN(C)C. The number of hydrogen-bond donors (Lipinski definition) is 0. The average Bonchev–Trinajstić information content (AvgIpc) is 2.61. The molecular weight excluding hydrogens is 214 g/mol. The molecule has 1 heterocycles. The summed E-state index contributed by atoms with van der Waals surface area (Å²) in [6.07, 6.45) is 1.39. The molecule has 0 aromatic carbocycles. The third-order valence-corrected chi connectivity index (χ3v) is 2.62. The first-order valence-electron chi connectivity index (χ1n) is 6.00. The maximum atomic E-state index is 8.75. The molecule has 0 amide bonds. The molecule has 0 saturated heterocycles. The van der Waals surface area contributed by atoms with Crippen LogP contribution in [0.4, 0.5) is 0 Å². The van der Waals surface area contributed by atoms with Crippen LogP contribution in [0.3, 0.4) is 0 Å². The molecule has 0 bridgehead atoms. The highest BCUT2D eigenvalue weighted by atomic mass is 15.4. The van der Waals surface area contributed by atoms with Gasteiger partial charge in [0.25, 0.3) is 0 Å². The molecule has 17 heavy (non-hydrogen) atoms. The zero-order chi connectivity index (χ0) is 12.8. The lowest BCUT2D eigenvalue weighted by Crippen LogP contribution is -2.16. The summed E-state index contributed by atoms with van der Waals surface area (Å²) in [5.41, 5.74) is 1.93. The minimum absolute atomic E-state index is 0.348. The van der Waals surface area contributed by atoms with Crippen LogP contribution < -0.4 is 0 Å². The van der Waals surface area contributed by atoms with E-state index in [1.165, 1.54) is 0 Å². The fourth-order valence-corrected chi connectivity index (χ4v) is 1.89. The Labute approximate surface area is 103 Å². The van der Waals surface area contributed by atoms with E-state index in [0.29, 0.717) is 12.3 Å². The van der Waals surface area contributed by atoms with Crippen LogP contribution in [0.2, 0.25) is 0 Å². The fraction of sp³-hybridized carbons (Fsp3) is 0.750. The molecule has 0 N–H and O–H groups in total. The van der Waals surface area contributed by atoms with Gasteiger partial charge in [-0.15, -0.1) is 5.10 Å². The third-order valence-electron chi connectivity index (χ3n) is 2.62. The second-order valence-electron chi connectivity index (χ2n) is 4.79. The van der Waals surface area contributed by atoms with E-state index in [1.807, 2.05) is 4.68 Å². The zero-order valence-corrected chi connectivity index (χ0v) is 11.1. The van der Waals surface area contributed by atoms with Crippen molar-refractivity contribution >= 4 is 0 Å². The summed E-state index contributed by atoms with van der Waals surface area (Å²) in [4.78, 5) is 2.15. The summed E-state index contributed by atoms with van der Waals surface area (Å²) < 4.78 is 1.95. The molecule has 0 fully saturated rings. The van der Waals surface area contributed by atoms with Crippen molar-refractivity contribution in [1.29, 1.82) is 5.26 Å². The molecule has 1 aromatic rings.